The molecule has 1 heterocycles. The number of carbonyl (C=O) groups is 1. The molecule has 0 aliphatic carbocycles. The maximum Gasteiger partial charge on any atom is 0.276 e. The summed E-state index contributed by atoms with van der Waals surface area (Å²) in [5, 5.41) is 14.5. The Balaban J connectivity index is 1.71. The molecule has 1 aromatic heterocycles. The topological polar surface area (TPSA) is 85.4 Å². The van der Waals surface area contributed by atoms with E-state index in [9.17, 15) is 4.79 Å². The summed E-state index contributed by atoms with van der Waals surface area (Å²) in [7, 11) is 3.14. The molecule has 28 heavy (non-hydrogen) atoms. The molecule has 3 aromatic rings. The van der Waals surface area contributed by atoms with E-state index in [0.717, 1.165) is 11.3 Å². The highest BCUT2D eigenvalue weighted by Crippen LogP contribution is 2.30. The van der Waals surface area contributed by atoms with Crippen LogP contribution in [0, 0.1) is 6.92 Å². The number of nitrogens with zero attached hydrogens (tertiary/aromatic N) is 2. The predicted molar refractivity (Wildman–Crippen MR) is 109 cm³/mol. The molecule has 0 radical (unpaired) electrons. The molecule has 2 aromatic carbocycles. The van der Waals surface area contributed by atoms with Crippen LogP contribution in [0.5, 0.6) is 11.5 Å². The fourth-order valence-electron chi connectivity index (χ4n) is 2.50. The molecule has 144 valence electrons. The first-order chi connectivity index (χ1) is 13.5. The van der Waals surface area contributed by atoms with Crippen LogP contribution in [-0.4, -0.2) is 30.3 Å². The lowest BCUT2D eigenvalue weighted by Crippen LogP contribution is -2.15. The summed E-state index contributed by atoms with van der Waals surface area (Å²) in [5.41, 5.74) is 2.47. The highest BCUT2D eigenvalue weighted by molar-refractivity contribution is 6.31. The monoisotopic (exact) mass is 398 g/mol. The van der Waals surface area contributed by atoms with E-state index in [0.29, 0.717) is 28.0 Å². The van der Waals surface area contributed by atoms with Gasteiger partial charge in [0.15, 0.2) is 23.0 Å². The van der Waals surface area contributed by atoms with E-state index in [4.69, 9.17) is 21.1 Å². The minimum Gasteiger partial charge on any atom is -0.493 e. The fourth-order valence-corrected chi connectivity index (χ4v) is 2.67. The van der Waals surface area contributed by atoms with E-state index < -0.39 is 0 Å². The van der Waals surface area contributed by atoms with Crippen molar-refractivity contribution in [3.63, 3.8) is 0 Å². The molecule has 8 heteroatoms. The first-order valence-electron chi connectivity index (χ1n) is 8.40. The van der Waals surface area contributed by atoms with Crippen LogP contribution in [0.3, 0.4) is 0 Å². The zero-order valence-electron chi connectivity index (χ0n) is 15.6. The second-order valence-corrected chi connectivity index (χ2v) is 6.35. The van der Waals surface area contributed by atoms with Gasteiger partial charge in [-0.15, -0.1) is 10.2 Å². The maximum absolute atomic E-state index is 12.4. The van der Waals surface area contributed by atoms with Gasteiger partial charge >= 0.3 is 0 Å². The average molecular weight is 399 g/mol. The van der Waals surface area contributed by atoms with Gasteiger partial charge < -0.3 is 20.1 Å². The summed E-state index contributed by atoms with van der Waals surface area (Å²) in [6.07, 6.45) is 0. The third kappa shape index (κ3) is 4.50. The molecule has 0 saturated carbocycles. The van der Waals surface area contributed by atoms with Gasteiger partial charge in [0, 0.05) is 22.5 Å². The van der Waals surface area contributed by atoms with Crippen LogP contribution in [0.25, 0.3) is 0 Å². The van der Waals surface area contributed by atoms with Gasteiger partial charge in [0.25, 0.3) is 5.91 Å². The number of amides is 1. The summed E-state index contributed by atoms with van der Waals surface area (Å²) in [5.74, 6) is 1.34. The molecular weight excluding hydrogens is 380 g/mol. The Kier molecular flexibility index (Phi) is 5.96. The third-order valence-corrected chi connectivity index (χ3v) is 4.24. The number of ether oxygens (including phenoxy) is 2. The Morgan fingerprint density at radius 2 is 1.75 bits per heavy atom. The Morgan fingerprint density at radius 3 is 2.43 bits per heavy atom. The first-order valence-corrected chi connectivity index (χ1v) is 8.78. The van der Waals surface area contributed by atoms with Crippen molar-refractivity contribution in [2.75, 3.05) is 24.9 Å². The number of methoxy groups -OCH3 is 2. The van der Waals surface area contributed by atoms with Crippen LogP contribution in [0.1, 0.15) is 16.1 Å². The van der Waals surface area contributed by atoms with Crippen LogP contribution >= 0.6 is 11.6 Å². The smallest absolute Gasteiger partial charge is 0.276 e. The number of rotatable bonds is 6. The normalized spacial score (nSPS) is 10.3. The van der Waals surface area contributed by atoms with Gasteiger partial charge in [-0.05, 0) is 48.9 Å². The molecule has 0 bridgehead atoms. The number of anilines is 3. The van der Waals surface area contributed by atoms with E-state index in [-0.39, 0.29) is 11.6 Å². The van der Waals surface area contributed by atoms with Crippen LogP contribution < -0.4 is 20.1 Å². The van der Waals surface area contributed by atoms with Gasteiger partial charge in [0.05, 0.1) is 14.2 Å². The Labute approximate surface area is 167 Å². The number of hydrogen-bond donors (Lipinski definition) is 2. The van der Waals surface area contributed by atoms with E-state index in [1.807, 2.05) is 19.1 Å². The lowest BCUT2D eigenvalue weighted by atomic mass is 10.2. The second-order valence-electron chi connectivity index (χ2n) is 5.91. The molecule has 2 N–H and O–H groups in total. The number of aryl methyl sites for hydroxylation is 1. The number of benzene rings is 2. The largest absolute Gasteiger partial charge is 0.493 e. The number of aromatic nitrogens is 2. The molecule has 1 amide bonds. The number of halogens is 1. The van der Waals surface area contributed by atoms with E-state index in [1.54, 1.807) is 50.6 Å². The van der Waals surface area contributed by atoms with Gasteiger partial charge in [-0.1, -0.05) is 17.7 Å². The maximum atomic E-state index is 12.4. The first kappa shape index (κ1) is 19.4. The molecule has 7 nitrogen and oxygen atoms in total. The molecule has 0 atom stereocenters. The molecule has 0 saturated heterocycles. The summed E-state index contributed by atoms with van der Waals surface area (Å²) in [6.45, 7) is 1.88. The number of hydrogen-bond acceptors (Lipinski definition) is 6. The predicted octanol–water partition coefficient (Wildman–Crippen LogP) is 4.45. The third-order valence-electron chi connectivity index (χ3n) is 4.00. The van der Waals surface area contributed by atoms with Crippen molar-refractivity contribution in [3.8, 4) is 11.5 Å². The lowest BCUT2D eigenvalue weighted by molar-refractivity contribution is 0.102. The average Bonchev–Trinajstić information content (AvgIpc) is 2.71. The zero-order chi connectivity index (χ0) is 20.1. The second kappa shape index (κ2) is 8.58. The van der Waals surface area contributed by atoms with Gasteiger partial charge in [-0.2, -0.15) is 0 Å². The van der Waals surface area contributed by atoms with Crippen molar-refractivity contribution in [3.05, 3.63) is 64.8 Å². The molecular formula is C20H19ClN4O3. The van der Waals surface area contributed by atoms with Gasteiger partial charge in [0.2, 0.25) is 0 Å². The molecule has 3 rings (SSSR count). The van der Waals surface area contributed by atoms with Crippen molar-refractivity contribution in [2.45, 2.75) is 6.92 Å². The van der Waals surface area contributed by atoms with E-state index in [2.05, 4.69) is 20.8 Å². The molecule has 0 spiro atoms. The fraction of sp³-hybridized carbons (Fsp3) is 0.150. The summed E-state index contributed by atoms with van der Waals surface area (Å²) in [6, 6.07) is 13.9. The zero-order valence-corrected chi connectivity index (χ0v) is 16.4. The van der Waals surface area contributed by atoms with Gasteiger partial charge in [-0.3, -0.25) is 4.79 Å². The molecule has 0 aliphatic rings. The highest BCUT2D eigenvalue weighted by Gasteiger charge is 2.11. The minimum absolute atomic E-state index is 0.192. The Hall–Kier alpha value is -3.32. The van der Waals surface area contributed by atoms with Crippen molar-refractivity contribution in [1.82, 2.24) is 10.2 Å². The highest BCUT2D eigenvalue weighted by atomic mass is 35.5. The number of carbonyl (C=O) groups excluding carboxylic acids is 1. The molecule has 0 fully saturated rings. The van der Waals surface area contributed by atoms with Crippen LogP contribution in [-0.2, 0) is 0 Å². The minimum atomic E-state index is -0.365. The quantitative estimate of drug-likeness (QED) is 0.638. The van der Waals surface area contributed by atoms with Crippen molar-refractivity contribution < 1.29 is 14.3 Å². The van der Waals surface area contributed by atoms with Crippen LogP contribution in [0.15, 0.2) is 48.5 Å². The number of nitrogens with one attached hydrogen (secondary N) is 2. The Morgan fingerprint density at radius 1 is 0.964 bits per heavy atom. The van der Waals surface area contributed by atoms with Gasteiger partial charge in [0.1, 0.15) is 0 Å². The molecule has 0 aliphatic heterocycles. The van der Waals surface area contributed by atoms with Crippen molar-refractivity contribution >= 4 is 34.7 Å². The van der Waals surface area contributed by atoms with Gasteiger partial charge in [-0.25, -0.2) is 0 Å². The van der Waals surface area contributed by atoms with Crippen molar-refractivity contribution in [2.24, 2.45) is 0 Å². The van der Waals surface area contributed by atoms with Crippen molar-refractivity contribution in [1.29, 1.82) is 0 Å². The van der Waals surface area contributed by atoms with E-state index >= 15 is 0 Å². The standard InChI is InChI=1S/C20H19ClN4O3/c1-12-4-5-13(21)10-16(12)23-20(26)15-7-9-19(25-24-15)22-14-6-8-17(27-2)18(11-14)28-3/h4-11H,1-3H3,(H,22,25)(H,23,26). The summed E-state index contributed by atoms with van der Waals surface area (Å²) in [4.78, 5) is 12.4. The SMILES string of the molecule is COc1ccc(Nc2ccc(C(=O)Nc3cc(Cl)ccc3C)nn2)cc1OC. The Bertz CT molecular complexity index is 993. The summed E-state index contributed by atoms with van der Waals surface area (Å²) < 4.78 is 10.5. The lowest BCUT2D eigenvalue weighted by Gasteiger charge is -2.11. The van der Waals surface area contributed by atoms with Crippen LogP contribution in [0.4, 0.5) is 17.2 Å². The molecule has 0 unspecified atom stereocenters. The van der Waals surface area contributed by atoms with Crippen LogP contribution in [0.2, 0.25) is 5.02 Å². The summed E-state index contributed by atoms with van der Waals surface area (Å²) >= 11 is 5.98. The van der Waals surface area contributed by atoms with E-state index in [1.165, 1.54) is 0 Å².